The Morgan fingerprint density at radius 3 is 2.67 bits per heavy atom. The van der Waals surface area contributed by atoms with Crippen LogP contribution in [0.15, 0.2) is 0 Å². The summed E-state index contributed by atoms with van der Waals surface area (Å²) >= 11 is 1.33. The summed E-state index contributed by atoms with van der Waals surface area (Å²) in [5.74, 6) is -0.320. The van der Waals surface area contributed by atoms with Crippen molar-refractivity contribution in [2.75, 3.05) is 6.61 Å². The molecule has 1 heterocycles. The van der Waals surface area contributed by atoms with Crippen LogP contribution in [-0.4, -0.2) is 28.8 Å². The molecule has 0 radical (unpaired) electrons. The molecule has 18 heavy (non-hydrogen) atoms. The van der Waals surface area contributed by atoms with Gasteiger partial charge in [-0.25, -0.2) is 14.6 Å². The molecule has 0 saturated heterocycles. The van der Waals surface area contributed by atoms with Crippen LogP contribution in [0.3, 0.4) is 0 Å². The molecule has 0 bridgehead atoms. The van der Waals surface area contributed by atoms with Gasteiger partial charge in [-0.2, -0.15) is 0 Å². The molecule has 6 nitrogen and oxygen atoms in total. The van der Waals surface area contributed by atoms with Crippen LogP contribution >= 0.6 is 11.3 Å². The number of aromatic nitrogens is 1. The number of rotatable bonds is 5. The van der Waals surface area contributed by atoms with Gasteiger partial charge < -0.3 is 15.2 Å². The average molecular weight is 272 g/mol. The first-order valence-corrected chi connectivity index (χ1v) is 6.40. The van der Waals surface area contributed by atoms with E-state index in [0.29, 0.717) is 10.7 Å². The highest BCUT2D eigenvalue weighted by atomic mass is 32.1. The largest absolute Gasteiger partial charge is 0.465 e. The summed E-state index contributed by atoms with van der Waals surface area (Å²) < 4.78 is 4.93. The zero-order valence-corrected chi connectivity index (χ0v) is 11.3. The molecule has 7 heteroatoms. The molecule has 0 fully saturated rings. The minimum Gasteiger partial charge on any atom is -0.465 e. The number of hydrogen-bond acceptors (Lipinski definition) is 5. The summed E-state index contributed by atoms with van der Waals surface area (Å²) in [7, 11) is 0. The molecule has 1 amide bonds. The summed E-state index contributed by atoms with van der Waals surface area (Å²) in [6, 6.07) is 0. The van der Waals surface area contributed by atoms with E-state index in [1.807, 2.05) is 13.8 Å². The molecular formula is C11H16N2O4S. The Morgan fingerprint density at radius 2 is 2.17 bits per heavy atom. The minimum absolute atomic E-state index is 0.0964. The van der Waals surface area contributed by atoms with Gasteiger partial charge in [-0.3, -0.25) is 0 Å². The molecule has 0 aliphatic carbocycles. The number of carboxylic acid groups (broad SMARTS) is 1. The number of carbonyl (C=O) groups excluding carboxylic acids is 1. The van der Waals surface area contributed by atoms with Crippen LogP contribution < -0.4 is 5.32 Å². The fraction of sp³-hybridized carbons (Fsp3) is 0.545. The zero-order valence-electron chi connectivity index (χ0n) is 10.5. The average Bonchev–Trinajstić information content (AvgIpc) is 2.71. The highest BCUT2D eigenvalue weighted by Gasteiger charge is 2.21. The fourth-order valence-electron chi connectivity index (χ4n) is 1.34. The van der Waals surface area contributed by atoms with Gasteiger partial charge in [-0.1, -0.05) is 13.8 Å². The minimum atomic E-state index is -1.12. The Bertz CT molecular complexity index is 442. The number of esters is 1. The van der Waals surface area contributed by atoms with E-state index in [-0.39, 0.29) is 19.1 Å². The van der Waals surface area contributed by atoms with Crippen LogP contribution in [0, 0.1) is 0 Å². The molecule has 0 aliphatic heterocycles. The first-order chi connectivity index (χ1) is 8.45. The number of nitrogens with one attached hydrogen (secondary N) is 1. The van der Waals surface area contributed by atoms with Crippen LogP contribution in [0.4, 0.5) is 4.79 Å². The smallest absolute Gasteiger partial charge is 0.405 e. The van der Waals surface area contributed by atoms with Crippen molar-refractivity contribution < 1.29 is 19.4 Å². The number of thiazole rings is 1. The van der Waals surface area contributed by atoms with Crippen LogP contribution in [0.2, 0.25) is 0 Å². The highest BCUT2D eigenvalue weighted by Crippen LogP contribution is 2.27. The Morgan fingerprint density at radius 1 is 1.50 bits per heavy atom. The maximum atomic E-state index is 11.7. The van der Waals surface area contributed by atoms with Gasteiger partial charge in [0.1, 0.15) is 5.01 Å². The Balaban J connectivity index is 2.93. The van der Waals surface area contributed by atoms with E-state index in [4.69, 9.17) is 9.84 Å². The van der Waals surface area contributed by atoms with E-state index >= 15 is 0 Å². The lowest BCUT2D eigenvalue weighted by Gasteiger charge is -2.03. The summed E-state index contributed by atoms with van der Waals surface area (Å²) in [4.78, 5) is 27.1. The molecule has 1 rings (SSSR count). The van der Waals surface area contributed by atoms with Crippen molar-refractivity contribution in [1.82, 2.24) is 10.3 Å². The molecule has 0 aromatic carbocycles. The maximum absolute atomic E-state index is 11.7. The third-order valence-electron chi connectivity index (χ3n) is 2.08. The van der Waals surface area contributed by atoms with E-state index in [9.17, 15) is 9.59 Å². The topological polar surface area (TPSA) is 88.5 Å². The highest BCUT2D eigenvalue weighted by molar-refractivity contribution is 7.12. The van der Waals surface area contributed by atoms with Crippen molar-refractivity contribution in [2.45, 2.75) is 33.2 Å². The molecule has 0 unspecified atom stereocenters. The molecule has 100 valence electrons. The normalized spacial score (nSPS) is 10.4. The van der Waals surface area contributed by atoms with Crippen LogP contribution in [-0.2, 0) is 11.3 Å². The lowest BCUT2D eigenvalue weighted by molar-refractivity contribution is 0.0518. The van der Waals surface area contributed by atoms with E-state index in [0.717, 1.165) is 4.88 Å². The molecule has 0 saturated carbocycles. The number of nitrogens with zero attached hydrogens (tertiary/aromatic N) is 1. The predicted octanol–water partition coefficient (Wildman–Crippen LogP) is 2.21. The predicted molar refractivity (Wildman–Crippen MR) is 67.0 cm³/mol. The number of hydrogen-bond donors (Lipinski definition) is 2. The molecule has 0 spiro atoms. The number of ether oxygens (including phenoxy) is 1. The van der Waals surface area contributed by atoms with E-state index in [1.165, 1.54) is 11.3 Å². The van der Waals surface area contributed by atoms with E-state index in [1.54, 1.807) is 6.92 Å². The molecular weight excluding hydrogens is 256 g/mol. The van der Waals surface area contributed by atoms with Crippen LogP contribution in [0.1, 0.15) is 47.1 Å². The van der Waals surface area contributed by atoms with Gasteiger partial charge in [0, 0.05) is 4.88 Å². The standard InChI is InChI=1S/C11H16N2O4S/c1-4-17-10(14)8-9(6(2)3)18-7(13-8)5-12-11(15)16/h6,12H,4-5H2,1-3H3,(H,15,16). The Kier molecular flexibility index (Phi) is 5.08. The molecule has 2 N–H and O–H groups in total. The van der Waals surface area contributed by atoms with Crippen LogP contribution in [0.25, 0.3) is 0 Å². The summed E-state index contributed by atoms with van der Waals surface area (Å²) in [5.41, 5.74) is 0.291. The summed E-state index contributed by atoms with van der Waals surface area (Å²) in [6.07, 6.45) is -1.12. The number of amides is 1. The third-order valence-corrected chi connectivity index (χ3v) is 3.44. The quantitative estimate of drug-likeness (QED) is 0.802. The van der Waals surface area contributed by atoms with Gasteiger partial charge in [-0.05, 0) is 12.8 Å². The van der Waals surface area contributed by atoms with Crippen molar-refractivity contribution in [2.24, 2.45) is 0 Å². The second-order valence-corrected chi connectivity index (χ2v) is 4.97. The second-order valence-electron chi connectivity index (χ2n) is 3.85. The molecule has 1 aromatic heterocycles. The van der Waals surface area contributed by atoms with Crippen molar-refractivity contribution in [3.8, 4) is 0 Å². The SMILES string of the molecule is CCOC(=O)c1nc(CNC(=O)O)sc1C(C)C. The van der Waals surface area contributed by atoms with Gasteiger partial charge in [0.2, 0.25) is 0 Å². The lowest BCUT2D eigenvalue weighted by atomic mass is 10.1. The van der Waals surface area contributed by atoms with Gasteiger partial charge in [0.15, 0.2) is 5.69 Å². The second kappa shape index (κ2) is 6.34. The Hall–Kier alpha value is -1.63. The van der Waals surface area contributed by atoms with Crippen molar-refractivity contribution in [3.63, 3.8) is 0 Å². The molecule has 1 aromatic rings. The zero-order chi connectivity index (χ0) is 13.7. The van der Waals surface area contributed by atoms with E-state index in [2.05, 4.69) is 10.3 Å². The van der Waals surface area contributed by atoms with Gasteiger partial charge in [0.05, 0.1) is 13.2 Å². The van der Waals surface area contributed by atoms with Gasteiger partial charge >= 0.3 is 12.1 Å². The summed E-state index contributed by atoms with van der Waals surface area (Å²) in [5, 5.41) is 11.3. The fourth-order valence-corrected chi connectivity index (χ4v) is 2.34. The first kappa shape index (κ1) is 14.4. The van der Waals surface area contributed by atoms with Gasteiger partial charge in [0.25, 0.3) is 0 Å². The first-order valence-electron chi connectivity index (χ1n) is 5.59. The van der Waals surface area contributed by atoms with Gasteiger partial charge in [-0.15, -0.1) is 11.3 Å². The monoisotopic (exact) mass is 272 g/mol. The van der Waals surface area contributed by atoms with Crippen molar-refractivity contribution in [3.05, 3.63) is 15.6 Å². The Labute approximate surface area is 109 Å². The molecule has 0 atom stereocenters. The van der Waals surface area contributed by atoms with E-state index < -0.39 is 12.1 Å². The third kappa shape index (κ3) is 3.69. The summed E-state index contributed by atoms with van der Waals surface area (Å²) in [6.45, 7) is 6.01. The van der Waals surface area contributed by atoms with Crippen molar-refractivity contribution in [1.29, 1.82) is 0 Å². The number of carbonyl (C=O) groups is 2. The maximum Gasteiger partial charge on any atom is 0.405 e. The lowest BCUT2D eigenvalue weighted by Crippen LogP contribution is -2.19. The molecule has 0 aliphatic rings. The van der Waals surface area contributed by atoms with Crippen LogP contribution in [0.5, 0.6) is 0 Å². The van der Waals surface area contributed by atoms with Crippen molar-refractivity contribution >= 4 is 23.4 Å².